The normalized spacial score (nSPS) is 17.2. The molecule has 0 unspecified atom stereocenters. The van der Waals surface area contributed by atoms with Crippen LogP contribution < -0.4 is 20.7 Å². The highest BCUT2D eigenvalue weighted by atomic mass is 35.5. The Hall–Kier alpha value is -2.78. The molecule has 1 atom stereocenters. The molecule has 10 heteroatoms. The van der Waals surface area contributed by atoms with Gasteiger partial charge in [-0.15, -0.1) is 0 Å². The number of sulfone groups is 1. The minimum absolute atomic E-state index is 0.0337. The average Bonchev–Trinajstić information content (AvgIpc) is 3.00. The van der Waals surface area contributed by atoms with E-state index in [1.165, 1.54) is 0 Å². The lowest BCUT2D eigenvalue weighted by molar-refractivity contribution is -0.118. The Bertz CT molecular complexity index is 1060. The molecule has 1 saturated heterocycles. The summed E-state index contributed by atoms with van der Waals surface area (Å²) >= 11 is 6.05. The van der Waals surface area contributed by atoms with Crippen LogP contribution in [0.15, 0.2) is 42.5 Å². The van der Waals surface area contributed by atoms with E-state index in [0.717, 1.165) is 5.56 Å². The monoisotopic (exact) mass is 451 g/mol. The van der Waals surface area contributed by atoms with Crippen molar-refractivity contribution in [3.8, 4) is 11.5 Å². The highest BCUT2D eigenvalue weighted by Crippen LogP contribution is 2.32. The van der Waals surface area contributed by atoms with E-state index in [-0.39, 0.29) is 18.1 Å². The number of hydrogen-bond acceptors (Lipinski definition) is 6. The summed E-state index contributed by atoms with van der Waals surface area (Å²) in [4.78, 5) is 24.0. The van der Waals surface area contributed by atoms with Gasteiger partial charge in [0, 0.05) is 11.1 Å². The lowest BCUT2D eigenvalue weighted by atomic mass is 10.2. The summed E-state index contributed by atoms with van der Waals surface area (Å²) in [7, 11) is -3.12. The Morgan fingerprint density at radius 2 is 2.00 bits per heavy atom. The van der Waals surface area contributed by atoms with Crippen LogP contribution in [0.1, 0.15) is 12.0 Å². The van der Waals surface area contributed by atoms with Crippen LogP contribution in [0.2, 0.25) is 5.02 Å². The van der Waals surface area contributed by atoms with Gasteiger partial charge < -0.3 is 15.4 Å². The summed E-state index contributed by atoms with van der Waals surface area (Å²) in [5.74, 6) is 0.435. The van der Waals surface area contributed by atoms with Crippen molar-refractivity contribution in [1.29, 1.82) is 0 Å². The van der Waals surface area contributed by atoms with Crippen molar-refractivity contribution >= 4 is 39.1 Å². The molecule has 0 spiro atoms. The predicted molar refractivity (Wildman–Crippen MR) is 115 cm³/mol. The minimum Gasteiger partial charge on any atom is -0.455 e. The quantitative estimate of drug-likeness (QED) is 0.622. The van der Waals surface area contributed by atoms with Gasteiger partial charge in [-0.05, 0) is 49.2 Å². The number of benzene rings is 2. The van der Waals surface area contributed by atoms with E-state index in [1.54, 1.807) is 18.2 Å². The third-order valence-electron chi connectivity index (χ3n) is 4.42. The molecule has 1 aliphatic heterocycles. The van der Waals surface area contributed by atoms with Gasteiger partial charge in [0.2, 0.25) is 5.91 Å². The molecule has 0 bridgehead atoms. The molecule has 0 aliphatic carbocycles. The molecule has 1 aliphatic rings. The van der Waals surface area contributed by atoms with Gasteiger partial charge in [0.05, 0.1) is 23.7 Å². The number of imide groups is 1. The fourth-order valence-corrected chi connectivity index (χ4v) is 4.86. The molecule has 2 aromatic rings. The Morgan fingerprint density at radius 3 is 2.70 bits per heavy atom. The summed E-state index contributed by atoms with van der Waals surface area (Å²) in [5, 5.41) is 8.03. The first-order chi connectivity index (χ1) is 14.2. The standard InChI is InChI=1S/C20H22ClN3O5S/c1-13-3-2-4-16(9-13)29-18-6-5-14(21)10-17(18)22-11-19(25)24-20(26)23-15-7-8-30(27,28)12-15/h2-6,9-10,15,22H,7-8,11-12H2,1H3,(H2,23,24,25,26)/t15-/m0/s1. The SMILES string of the molecule is Cc1cccc(Oc2ccc(Cl)cc2NCC(=O)NC(=O)N[C@H]2CCS(=O)(=O)C2)c1. The molecule has 1 heterocycles. The van der Waals surface area contributed by atoms with Crippen LogP contribution in [0, 0.1) is 6.92 Å². The van der Waals surface area contributed by atoms with Gasteiger partial charge in [0.15, 0.2) is 15.6 Å². The summed E-state index contributed by atoms with van der Waals surface area (Å²) < 4.78 is 28.8. The highest BCUT2D eigenvalue weighted by Gasteiger charge is 2.29. The van der Waals surface area contributed by atoms with Crippen molar-refractivity contribution in [2.24, 2.45) is 0 Å². The molecule has 8 nitrogen and oxygen atoms in total. The smallest absolute Gasteiger partial charge is 0.321 e. The number of aryl methyl sites for hydroxylation is 1. The fraction of sp³-hybridized carbons (Fsp3) is 0.300. The van der Waals surface area contributed by atoms with E-state index in [1.807, 2.05) is 31.2 Å². The second-order valence-electron chi connectivity index (χ2n) is 7.03. The zero-order valence-corrected chi connectivity index (χ0v) is 17.8. The van der Waals surface area contributed by atoms with Crippen LogP contribution in [0.5, 0.6) is 11.5 Å². The Kier molecular flexibility index (Phi) is 6.84. The number of ether oxygens (including phenoxy) is 1. The number of halogens is 1. The van der Waals surface area contributed by atoms with Gasteiger partial charge in [-0.25, -0.2) is 13.2 Å². The first-order valence-electron chi connectivity index (χ1n) is 9.29. The number of carbonyl (C=O) groups is 2. The molecule has 1 fully saturated rings. The zero-order chi connectivity index (χ0) is 21.7. The highest BCUT2D eigenvalue weighted by molar-refractivity contribution is 7.91. The lowest BCUT2D eigenvalue weighted by Crippen LogP contribution is -2.46. The van der Waals surface area contributed by atoms with Crippen molar-refractivity contribution in [3.05, 3.63) is 53.1 Å². The fourth-order valence-electron chi connectivity index (χ4n) is 3.01. The molecule has 160 valence electrons. The van der Waals surface area contributed by atoms with Crippen molar-refractivity contribution in [1.82, 2.24) is 10.6 Å². The summed E-state index contributed by atoms with van der Waals surface area (Å²) in [5.41, 5.74) is 1.53. The number of rotatable bonds is 6. The van der Waals surface area contributed by atoms with Gasteiger partial charge >= 0.3 is 6.03 Å². The molecule has 3 amide bonds. The number of amides is 3. The van der Waals surface area contributed by atoms with Gasteiger partial charge in [-0.2, -0.15) is 0 Å². The summed E-state index contributed by atoms with van der Waals surface area (Å²) in [6, 6.07) is 11.2. The van der Waals surface area contributed by atoms with Crippen molar-refractivity contribution < 1.29 is 22.7 Å². The van der Waals surface area contributed by atoms with Gasteiger partial charge in [-0.3, -0.25) is 10.1 Å². The minimum atomic E-state index is -3.12. The van der Waals surface area contributed by atoms with E-state index in [9.17, 15) is 18.0 Å². The second-order valence-corrected chi connectivity index (χ2v) is 9.70. The van der Waals surface area contributed by atoms with Crippen molar-refractivity contribution in [2.75, 3.05) is 23.4 Å². The lowest BCUT2D eigenvalue weighted by Gasteiger charge is -2.14. The maximum absolute atomic E-state index is 12.1. The van der Waals surface area contributed by atoms with Crippen LogP contribution in [-0.4, -0.2) is 44.4 Å². The first-order valence-corrected chi connectivity index (χ1v) is 11.5. The maximum Gasteiger partial charge on any atom is 0.321 e. The number of hydrogen-bond donors (Lipinski definition) is 3. The zero-order valence-electron chi connectivity index (χ0n) is 16.3. The van der Waals surface area contributed by atoms with Gasteiger partial charge in [0.25, 0.3) is 0 Å². The molecule has 0 aromatic heterocycles. The summed E-state index contributed by atoms with van der Waals surface area (Å²) in [6.07, 6.45) is 0.338. The largest absolute Gasteiger partial charge is 0.455 e. The number of carbonyl (C=O) groups excluding carboxylic acids is 2. The van der Waals surface area contributed by atoms with Gasteiger partial charge in [-0.1, -0.05) is 23.7 Å². The Labute approximate surface area is 179 Å². The Morgan fingerprint density at radius 1 is 1.20 bits per heavy atom. The number of urea groups is 1. The molecule has 0 radical (unpaired) electrons. The van der Waals surface area contributed by atoms with E-state index in [4.69, 9.17) is 16.3 Å². The molecule has 30 heavy (non-hydrogen) atoms. The molecular formula is C20H22ClN3O5S. The predicted octanol–water partition coefficient (Wildman–Crippen LogP) is 2.87. The van der Waals surface area contributed by atoms with Crippen molar-refractivity contribution in [2.45, 2.75) is 19.4 Å². The number of nitrogens with one attached hydrogen (secondary N) is 3. The first kappa shape index (κ1) is 21.9. The molecule has 0 saturated carbocycles. The third kappa shape index (κ3) is 6.36. The topological polar surface area (TPSA) is 114 Å². The van der Waals surface area contributed by atoms with Crippen molar-refractivity contribution in [3.63, 3.8) is 0 Å². The number of anilines is 1. The Balaban J connectivity index is 1.56. The average molecular weight is 452 g/mol. The van der Waals surface area contributed by atoms with E-state index >= 15 is 0 Å². The maximum atomic E-state index is 12.1. The molecule has 2 aromatic carbocycles. The van der Waals surface area contributed by atoms with Crippen LogP contribution in [0.4, 0.5) is 10.5 Å². The molecule has 3 rings (SSSR count). The molecular weight excluding hydrogens is 430 g/mol. The van der Waals surface area contributed by atoms with Gasteiger partial charge in [0.1, 0.15) is 5.75 Å². The van der Waals surface area contributed by atoms with E-state index in [0.29, 0.717) is 28.6 Å². The second kappa shape index (κ2) is 9.36. The van der Waals surface area contributed by atoms with E-state index < -0.39 is 27.8 Å². The third-order valence-corrected chi connectivity index (χ3v) is 6.42. The van der Waals surface area contributed by atoms with Crippen LogP contribution in [-0.2, 0) is 14.6 Å². The van der Waals surface area contributed by atoms with Crippen LogP contribution in [0.3, 0.4) is 0 Å². The van der Waals surface area contributed by atoms with Crippen LogP contribution in [0.25, 0.3) is 0 Å². The van der Waals surface area contributed by atoms with Crippen LogP contribution >= 0.6 is 11.6 Å². The van der Waals surface area contributed by atoms with E-state index in [2.05, 4.69) is 16.0 Å². The molecule has 3 N–H and O–H groups in total. The summed E-state index contributed by atoms with van der Waals surface area (Å²) in [6.45, 7) is 1.74.